The summed E-state index contributed by atoms with van der Waals surface area (Å²) < 4.78 is 12.3. The first-order valence-electron chi connectivity index (χ1n) is 10.8. The quantitative estimate of drug-likeness (QED) is 0.327. The van der Waals surface area contributed by atoms with Gasteiger partial charge in [0.25, 0.3) is 11.5 Å². The number of nitriles is 1. The molecule has 2 heterocycles. The fourth-order valence-electron chi connectivity index (χ4n) is 3.28. The number of nitrogens with one attached hydrogen (secondary N) is 1. The van der Waals surface area contributed by atoms with Crippen LogP contribution < -0.4 is 15.6 Å². The zero-order valence-corrected chi connectivity index (χ0v) is 20.0. The second-order valence-corrected chi connectivity index (χ2v) is 8.82. The smallest absolute Gasteiger partial charge is 0.269 e. The summed E-state index contributed by atoms with van der Waals surface area (Å²) in [5, 5.41) is 12.2. The van der Waals surface area contributed by atoms with Crippen LogP contribution in [-0.4, -0.2) is 35.6 Å². The second kappa shape index (κ2) is 10.3. The fraction of sp³-hybridized carbons (Fsp3) is 0.308. The maximum atomic E-state index is 13.3. The number of fused-ring (bicyclic) bond motifs is 1. The molecule has 0 unspecified atom stereocenters. The Balaban J connectivity index is 2.12. The van der Waals surface area contributed by atoms with Gasteiger partial charge in [-0.1, -0.05) is 39.0 Å². The van der Waals surface area contributed by atoms with Gasteiger partial charge in [0.2, 0.25) is 5.88 Å². The Hall–Kier alpha value is -3.96. The molecule has 0 spiro atoms. The molecule has 0 atom stereocenters. The van der Waals surface area contributed by atoms with Crippen LogP contribution in [0.5, 0.6) is 11.6 Å². The molecule has 0 saturated heterocycles. The number of nitrogens with zero attached hydrogens (tertiary/aromatic N) is 3. The van der Waals surface area contributed by atoms with Crippen molar-refractivity contribution in [2.45, 2.75) is 33.1 Å². The number of ether oxygens (including phenoxy) is 2. The van der Waals surface area contributed by atoms with Gasteiger partial charge in [0, 0.05) is 19.9 Å². The SMILES string of the molecule is COCCNC(=O)/C(C#N)=C/c1c(Oc2ccc(C(C)(C)C)cc2)nc2c(C)cccn2c1=O. The van der Waals surface area contributed by atoms with Crippen molar-refractivity contribution in [2.24, 2.45) is 0 Å². The molecule has 1 N–H and O–H groups in total. The molecule has 0 saturated carbocycles. The van der Waals surface area contributed by atoms with Crippen molar-refractivity contribution >= 4 is 17.6 Å². The Kier molecular flexibility index (Phi) is 7.49. The first kappa shape index (κ1) is 24.7. The highest BCUT2D eigenvalue weighted by Gasteiger charge is 2.19. The fourth-order valence-corrected chi connectivity index (χ4v) is 3.28. The summed E-state index contributed by atoms with van der Waals surface area (Å²) in [4.78, 5) is 30.4. The number of carbonyl (C=O) groups excluding carboxylic acids is 1. The Morgan fingerprint density at radius 2 is 1.94 bits per heavy atom. The topological polar surface area (TPSA) is 106 Å². The second-order valence-electron chi connectivity index (χ2n) is 8.82. The van der Waals surface area contributed by atoms with E-state index in [9.17, 15) is 14.9 Å². The number of hydrogen-bond donors (Lipinski definition) is 1. The molecule has 176 valence electrons. The van der Waals surface area contributed by atoms with Gasteiger partial charge in [0.05, 0.1) is 6.61 Å². The van der Waals surface area contributed by atoms with E-state index < -0.39 is 11.5 Å². The summed E-state index contributed by atoms with van der Waals surface area (Å²) in [6.45, 7) is 8.70. The number of methoxy groups -OCH3 is 1. The van der Waals surface area contributed by atoms with Crippen molar-refractivity contribution in [3.8, 4) is 17.7 Å². The van der Waals surface area contributed by atoms with Crippen LogP contribution in [0.3, 0.4) is 0 Å². The number of hydrogen-bond acceptors (Lipinski definition) is 6. The molecule has 0 aliphatic heterocycles. The van der Waals surface area contributed by atoms with E-state index >= 15 is 0 Å². The van der Waals surface area contributed by atoms with E-state index in [0.717, 1.165) is 11.1 Å². The van der Waals surface area contributed by atoms with Gasteiger partial charge in [-0.15, -0.1) is 0 Å². The van der Waals surface area contributed by atoms with Crippen LogP contribution in [0, 0.1) is 18.3 Å². The normalized spacial score (nSPS) is 11.8. The molecular weight excluding hydrogens is 432 g/mol. The van der Waals surface area contributed by atoms with E-state index in [1.807, 2.05) is 31.2 Å². The van der Waals surface area contributed by atoms with Crippen LogP contribution in [0.25, 0.3) is 11.7 Å². The summed E-state index contributed by atoms with van der Waals surface area (Å²) in [5.41, 5.74) is 1.61. The van der Waals surface area contributed by atoms with Crippen molar-refractivity contribution in [3.05, 3.63) is 75.2 Å². The van der Waals surface area contributed by atoms with Crippen LogP contribution >= 0.6 is 0 Å². The standard InChI is InChI=1S/C26H28N4O4/c1-17-7-6-13-30-22(17)29-24(34-20-10-8-19(9-11-20)26(2,3)4)21(25(30)32)15-18(16-27)23(31)28-12-14-33-5/h6-11,13,15H,12,14H2,1-5H3,(H,28,31)/b18-15+. The Morgan fingerprint density at radius 3 is 2.56 bits per heavy atom. The molecule has 0 aliphatic rings. The summed E-state index contributed by atoms with van der Waals surface area (Å²) in [6, 6.07) is 12.9. The number of aryl methyl sites for hydroxylation is 1. The van der Waals surface area contributed by atoms with Gasteiger partial charge >= 0.3 is 0 Å². The summed E-state index contributed by atoms with van der Waals surface area (Å²) in [6.07, 6.45) is 2.80. The molecule has 1 aromatic carbocycles. The Labute approximate surface area is 198 Å². The van der Waals surface area contributed by atoms with E-state index in [1.54, 1.807) is 24.4 Å². The minimum absolute atomic E-state index is 0.00133. The average Bonchev–Trinajstić information content (AvgIpc) is 2.79. The highest BCUT2D eigenvalue weighted by molar-refractivity contribution is 6.01. The minimum atomic E-state index is -0.617. The van der Waals surface area contributed by atoms with Gasteiger partial charge in [0.15, 0.2) is 0 Å². The third kappa shape index (κ3) is 5.50. The molecule has 2 aromatic heterocycles. The van der Waals surface area contributed by atoms with Crippen LogP contribution in [0.1, 0.15) is 37.5 Å². The van der Waals surface area contributed by atoms with Crippen molar-refractivity contribution in [1.82, 2.24) is 14.7 Å². The third-order valence-electron chi connectivity index (χ3n) is 5.23. The molecule has 8 nitrogen and oxygen atoms in total. The van der Waals surface area contributed by atoms with Gasteiger partial charge in [-0.25, -0.2) is 0 Å². The number of amides is 1. The zero-order chi connectivity index (χ0) is 24.9. The maximum absolute atomic E-state index is 13.3. The predicted molar refractivity (Wildman–Crippen MR) is 130 cm³/mol. The Bertz CT molecular complexity index is 1330. The van der Waals surface area contributed by atoms with Crippen molar-refractivity contribution in [1.29, 1.82) is 5.26 Å². The lowest BCUT2D eigenvalue weighted by atomic mass is 9.87. The first-order valence-corrected chi connectivity index (χ1v) is 10.8. The molecule has 34 heavy (non-hydrogen) atoms. The zero-order valence-electron chi connectivity index (χ0n) is 20.0. The number of pyridine rings is 1. The summed E-state index contributed by atoms with van der Waals surface area (Å²) in [5.74, 6) is -0.121. The molecule has 1 amide bonds. The number of carbonyl (C=O) groups is 1. The largest absolute Gasteiger partial charge is 0.438 e. The van der Waals surface area contributed by atoms with Crippen LogP contribution in [0.15, 0.2) is 53.0 Å². The number of benzene rings is 1. The molecular formula is C26H28N4O4. The van der Waals surface area contributed by atoms with Crippen LogP contribution in [0.2, 0.25) is 0 Å². The molecule has 0 fully saturated rings. The van der Waals surface area contributed by atoms with Gasteiger partial charge in [0.1, 0.15) is 28.6 Å². The molecule has 3 rings (SSSR count). The van der Waals surface area contributed by atoms with Gasteiger partial charge < -0.3 is 14.8 Å². The summed E-state index contributed by atoms with van der Waals surface area (Å²) >= 11 is 0. The third-order valence-corrected chi connectivity index (χ3v) is 5.23. The molecule has 0 bridgehead atoms. The van der Waals surface area contributed by atoms with Gasteiger partial charge in [-0.3, -0.25) is 14.0 Å². The lowest BCUT2D eigenvalue weighted by Gasteiger charge is -2.19. The molecule has 0 aliphatic carbocycles. The van der Waals surface area contributed by atoms with Crippen molar-refractivity contribution in [3.63, 3.8) is 0 Å². The lowest BCUT2D eigenvalue weighted by molar-refractivity contribution is -0.117. The monoisotopic (exact) mass is 460 g/mol. The highest BCUT2D eigenvalue weighted by Crippen LogP contribution is 2.28. The molecule has 3 aromatic rings. The molecule has 8 heteroatoms. The number of aromatic nitrogens is 2. The molecule has 0 radical (unpaired) electrons. The Morgan fingerprint density at radius 1 is 1.24 bits per heavy atom. The van der Waals surface area contributed by atoms with E-state index in [2.05, 4.69) is 31.1 Å². The lowest BCUT2D eigenvalue weighted by Crippen LogP contribution is -2.28. The summed E-state index contributed by atoms with van der Waals surface area (Å²) in [7, 11) is 1.51. The maximum Gasteiger partial charge on any atom is 0.269 e. The highest BCUT2D eigenvalue weighted by atomic mass is 16.5. The van der Waals surface area contributed by atoms with Gasteiger partial charge in [-0.2, -0.15) is 10.2 Å². The van der Waals surface area contributed by atoms with Crippen molar-refractivity contribution in [2.75, 3.05) is 20.3 Å². The minimum Gasteiger partial charge on any atom is -0.438 e. The van der Waals surface area contributed by atoms with Crippen molar-refractivity contribution < 1.29 is 14.3 Å². The predicted octanol–water partition coefficient (Wildman–Crippen LogP) is 3.76. The average molecular weight is 461 g/mol. The first-order chi connectivity index (χ1) is 16.2. The van der Waals surface area contributed by atoms with E-state index in [4.69, 9.17) is 9.47 Å². The number of rotatable bonds is 7. The van der Waals surface area contributed by atoms with E-state index in [0.29, 0.717) is 18.0 Å². The van der Waals surface area contributed by atoms with E-state index in [1.165, 1.54) is 17.6 Å². The van der Waals surface area contributed by atoms with Crippen LogP contribution in [-0.2, 0) is 14.9 Å². The van der Waals surface area contributed by atoms with Crippen LogP contribution in [0.4, 0.5) is 0 Å². The van der Waals surface area contributed by atoms with E-state index in [-0.39, 0.29) is 29.0 Å². The van der Waals surface area contributed by atoms with Gasteiger partial charge in [-0.05, 0) is 47.7 Å².